The summed E-state index contributed by atoms with van der Waals surface area (Å²) in [5.74, 6) is -0.223. The van der Waals surface area contributed by atoms with Crippen LogP contribution in [0.2, 0.25) is 0 Å². The van der Waals surface area contributed by atoms with E-state index >= 15 is 0 Å². The van der Waals surface area contributed by atoms with E-state index in [-0.39, 0.29) is 17.8 Å². The van der Waals surface area contributed by atoms with Crippen molar-refractivity contribution >= 4 is 49.4 Å². The van der Waals surface area contributed by atoms with Crippen LogP contribution >= 0.6 is 31.9 Å². The first-order valence-electron chi connectivity index (χ1n) is 10.7. The lowest BCUT2D eigenvalue weighted by molar-refractivity contribution is -0.132. The molecule has 1 amide bonds. The van der Waals surface area contributed by atoms with Crippen LogP contribution in [0, 0.1) is 0 Å². The summed E-state index contributed by atoms with van der Waals surface area (Å²) in [5.41, 5.74) is 2.02. The number of aliphatic hydroxyl groups is 1. The quantitative estimate of drug-likeness (QED) is 0.347. The number of benzene rings is 2. The van der Waals surface area contributed by atoms with Gasteiger partial charge in [-0.3, -0.25) is 14.5 Å². The van der Waals surface area contributed by atoms with Crippen molar-refractivity contribution in [3.63, 3.8) is 0 Å². The van der Waals surface area contributed by atoms with Gasteiger partial charge in [-0.05, 0) is 84.6 Å². The van der Waals surface area contributed by atoms with Gasteiger partial charge in [-0.1, -0.05) is 15.9 Å². The Labute approximate surface area is 210 Å². The molecule has 0 saturated heterocycles. The van der Waals surface area contributed by atoms with E-state index in [0.717, 1.165) is 40.2 Å². The predicted octanol–water partition coefficient (Wildman–Crippen LogP) is 5.13. The molecular formula is C24H28Br2N2O5. The minimum absolute atomic E-state index is 0.200. The summed E-state index contributed by atoms with van der Waals surface area (Å²) in [6, 6.07) is 8.94. The maximum atomic E-state index is 13.1. The third-order valence-corrected chi connectivity index (χ3v) is 6.85. The zero-order valence-corrected chi connectivity index (χ0v) is 22.0. The first-order chi connectivity index (χ1) is 15.7. The molecular weight excluding hydrogens is 556 g/mol. The number of nitrogens with one attached hydrogen (secondary N) is 1. The minimum Gasteiger partial charge on any atom is -0.493 e. The van der Waals surface area contributed by atoms with E-state index in [1.54, 1.807) is 12.1 Å². The molecule has 0 atom stereocenters. The van der Waals surface area contributed by atoms with Crippen molar-refractivity contribution in [1.82, 2.24) is 4.90 Å². The summed E-state index contributed by atoms with van der Waals surface area (Å²) in [5, 5.41) is 12.8. The van der Waals surface area contributed by atoms with Gasteiger partial charge in [0, 0.05) is 34.0 Å². The molecule has 9 heteroatoms. The normalized spacial score (nSPS) is 18.2. The van der Waals surface area contributed by atoms with Crippen molar-refractivity contribution in [2.24, 2.45) is 0 Å². The van der Waals surface area contributed by atoms with E-state index in [2.05, 4.69) is 49.1 Å². The number of ether oxygens (including phenoxy) is 2. The predicted molar refractivity (Wildman–Crippen MR) is 134 cm³/mol. The van der Waals surface area contributed by atoms with Gasteiger partial charge in [0.2, 0.25) is 0 Å². The second-order valence-electron chi connectivity index (χ2n) is 8.21. The molecule has 1 aliphatic rings. The molecule has 1 saturated carbocycles. The van der Waals surface area contributed by atoms with E-state index in [4.69, 9.17) is 9.47 Å². The third-order valence-electron chi connectivity index (χ3n) is 5.76. The van der Waals surface area contributed by atoms with Gasteiger partial charge in [0.25, 0.3) is 5.91 Å². The molecule has 33 heavy (non-hydrogen) atoms. The number of carbonyl (C=O) groups excluding carboxylic acids is 2. The molecule has 0 spiro atoms. The number of carbonyl (C=O) groups is 2. The van der Waals surface area contributed by atoms with Crippen molar-refractivity contribution in [1.29, 1.82) is 0 Å². The highest BCUT2D eigenvalue weighted by Gasteiger charge is 2.24. The number of nitrogens with zero attached hydrogens (tertiary/aromatic N) is 1. The molecule has 0 heterocycles. The number of amides is 1. The number of aliphatic hydroxyl groups excluding tert-OH is 1. The fraction of sp³-hybridized carbons (Fsp3) is 0.417. The lowest BCUT2D eigenvalue weighted by Crippen LogP contribution is -2.36. The Hall–Kier alpha value is -1.94. The Kier molecular flexibility index (Phi) is 8.92. The second-order valence-corrected chi connectivity index (χ2v) is 9.98. The molecule has 1 aliphatic carbocycles. The number of hydrogen-bond acceptors (Lipinski definition) is 6. The maximum Gasteiger partial charge on any atom is 0.308 e. The van der Waals surface area contributed by atoms with Crippen LogP contribution in [0.3, 0.4) is 0 Å². The fourth-order valence-corrected chi connectivity index (χ4v) is 5.43. The smallest absolute Gasteiger partial charge is 0.308 e. The van der Waals surface area contributed by atoms with Crippen molar-refractivity contribution in [2.75, 3.05) is 19.5 Å². The lowest BCUT2D eigenvalue weighted by Gasteiger charge is -2.33. The first-order valence-corrected chi connectivity index (χ1v) is 12.3. The summed E-state index contributed by atoms with van der Waals surface area (Å²) in [4.78, 5) is 26.6. The number of halogens is 2. The Morgan fingerprint density at radius 3 is 2.45 bits per heavy atom. The highest BCUT2D eigenvalue weighted by Crippen LogP contribution is 2.34. The number of esters is 1. The molecule has 1 fully saturated rings. The summed E-state index contributed by atoms with van der Waals surface area (Å²) in [6.45, 7) is 1.95. The standard InChI is InChI=1S/C24H28Br2N2O5/c1-14(29)33-21-9-4-15(11-22(21)32-3)24(31)27-23-16(10-17(25)12-20(23)26)13-28(2)18-5-7-19(30)8-6-18/h4,9-12,18-19,30H,5-8,13H2,1-3H3,(H,27,31). The average Bonchev–Trinajstić information content (AvgIpc) is 2.76. The summed E-state index contributed by atoms with van der Waals surface area (Å²) in [7, 11) is 3.52. The third kappa shape index (κ3) is 6.79. The van der Waals surface area contributed by atoms with E-state index in [9.17, 15) is 14.7 Å². The molecule has 2 aromatic carbocycles. The SMILES string of the molecule is COc1cc(C(=O)Nc2c(Br)cc(Br)cc2CN(C)C2CCC(O)CC2)ccc1OC(C)=O. The topological polar surface area (TPSA) is 88.1 Å². The fourth-order valence-electron chi connectivity index (χ4n) is 4.02. The van der Waals surface area contributed by atoms with Crippen LogP contribution in [-0.2, 0) is 11.3 Å². The van der Waals surface area contributed by atoms with E-state index < -0.39 is 5.97 Å². The van der Waals surface area contributed by atoms with Crippen LogP contribution in [0.5, 0.6) is 11.5 Å². The van der Waals surface area contributed by atoms with Crippen LogP contribution in [0.1, 0.15) is 48.5 Å². The minimum atomic E-state index is -0.467. The molecule has 0 bridgehead atoms. The van der Waals surface area contributed by atoms with Gasteiger partial charge >= 0.3 is 5.97 Å². The molecule has 0 aromatic heterocycles. The second kappa shape index (κ2) is 11.5. The van der Waals surface area contributed by atoms with Crippen molar-refractivity contribution in [2.45, 2.75) is 51.3 Å². The Morgan fingerprint density at radius 2 is 1.82 bits per heavy atom. The lowest BCUT2D eigenvalue weighted by atomic mass is 9.92. The van der Waals surface area contributed by atoms with Crippen molar-refractivity contribution in [3.05, 3.63) is 50.4 Å². The molecule has 0 aliphatic heterocycles. The maximum absolute atomic E-state index is 13.1. The van der Waals surface area contributed by atoms with Crippen LogP contribution in [0.25, 0.3) is 0 Å². The van der Waals surface area contributed by atoms with Crippen molar-refractivity contribution < 1.29 is 24.2 Å². The zero-order chi connectivity index (χ0) is 24.1. The molecule has 2 aromatic rings. The number of anilines is 1. The van der Waals surface area contributed by atoms with Crippen LogP contribution < -0.4 is 14.8 Å². The van der Waals surface area contributed by atoms with E-state index in [1.165, 1.54) is 20.1 Å². The molecule has 178 valence electrons. The first kappa shape index (κ1) is 25.7. The Bertz CT molecular complexity index is 1020. The highest BCUT2D eigenvalue weighted by atomic mass is 79.9. The Morgan fingerprint density at radius 1 is 1.12 bits per heavy atom. The van der Waals surface area contributed by atoms with Gasteiger partial charge in [-0.15, -0.1) is 0 Å². The largest absolute Gasteiger partial charge is 0.493 e. The molecule has 0 radical (unpaired) electrons. The van der Waals surface area contributed by atoms with E-state index in [0.29, 0.717) is 29.6 Å². The van der Waals surface area contributed by atoms with Gasteiger partial charge < -0.3 is 19.9 Å². The molecule has 0 unspecified atom stereocenters. The zero-order valence-electron chi connectivity index (χ0n) is 18.9. The number of methoxy groups -OCH3 is 1. The van der Waals surface area contributed by atoms with Crippen LogP contribution in [0.15, 0.2) is 39.3 Å². The monoisotopic (exact) mass is 582 g/mol. The average molecular weight is 584 g/mol. The van der Waals surface area contributed by atoms with Gasteiger partial charge in [0.15, 0.2) is 11.5 Å². The molecule has 7 nitrogen and oxygen atoms in total. The number of hydrogen-bond donors (Lipinski definition) is 2. The molecule has 3 rings (SSSR count). The summed E-state index contributed by atoms with van der Waals surface area (Å²) in [6.07, 6.45) is 3.32. The number of rotatable bonds is 7. The van der Waals surface area contributed by atoms with Crippen LogP contribution in [-0.4, -0.2) is 48.2 Å². The Balaban J connectivity index is 1.81. The van der Waals surface area contributed by atoms with Gasteiger partial charge in [0.1, 0.15) is 0 Å². The summed E-state index contributed by atoms with van der Waals surface area (Å²) >= 11 is 7.13. The van der Waals surface area contributed by atoms with Crippen molar-refractivity contribution in [3.8, 4) is 11.5 Å². The molecule has 2 N–H and O–H groups in total. The van der Waals surface area contributed by atoms with Gasteiger partial charge in [0.05, 0.1) is 18.9 Å². The van der Waals surface area contributed by atoms with Gasteiger partial charge in [-0.25, -0.2) is 0 Å². The van der Waals surface area contributed by atoms with E-state index in [1.807, 2.05) is 12.1 Å². The van der Waals surface area contributed by atoms with Crippen LogP contribution in [0.4, 0.5) is 5.69 Å². The van der Waals surface area contributed by atoms with Gasteiger partial charge in [-0.2, -0.15) is 0 Å². The highest BCUT2D eigenvalue weighted by molar-refractivity contribution is 9.11. The summed E-state index contributed by atoms with van der Waals surface area (Å²) < 4.78 is 12.1.